The topological polar surface area (TPSA) is 139 Å². The molecule has 1 N–H and O–H groups in total. The van der Waals surface area contributed by atoms with Crippen molar-refractivity contribution in [2.24, 2.45) is 5.10 Å². The number of non-ortho nitro benzene ring substituents is 1. The van der Waals surface area contributed by atoms with E-state index in [4.69, 9.17) is 18.9 Å². The lowest BCUT2D eigenvalue weighted by molar-refractivity contribution is -0.384. The van der Waals surface area contributed by atoms with Crippen molar-refractivity contribution in [3.05, 3.63) is 87.5 Å². The summed E-state index contributed by atoms with van der Waals surface area (Å²) in [5.74, 6) is 0.291. The Morgan fingerprint density at radius 1 is 1.05 bits per heavy atom. The van der Waals surface area contributed by atoms with Crippen molar-refractivity contribution in [2.45, 2.75) is 32.3 Å². The van der Waals surface area contributed by atoms with E-state index in [1.54, 1.807) is 12.1 Å². The third kappa shape index (κ3) is 6.50. The number of methoxy groups -OCH3 is 1. The molecule has 202 valence electrons. The first-order chi connectivity index (χ1) is 18.5. The van der Waals surface area contributed by atoms with Gasteiger partial charge in [-0.25, -0.2) is 10.2 Å². The fourth-order valence-electron chi connectivity index (χ4n) is 3.64. The van der Waals surface area contributed by atoms with E-state index in [-0.39, 0.29) is 34.8 Å². The SMILES string of the molecule is COc1cc(C=NNC(=O)C2COc3ccc(C(C)(C)C)cc3O2)ccc1OC(=O)c1ccc([N+](=O)[O-])cc1. The number of carbonyl (C=O) groups is 2. The van der Waals surface area contributed by atoms with Gasteiger partial charge in [-0.1, -0.05) is 26.8 Å². The predicted molar refractivity (Wildman–Crippen MR) is 142 cm³/mol. The number of fused-ring (bicyclic) bond motifs is 1. The van der Waals surface area contributed by atoms with Crippen LogP contribution < -0.4 is 24.4 Å². The van der Waals surface area contributed by atoms with Gasteiger partial charge in [-0.15, -0.1) is 0 Å². The molecule has 3 aromatic rings. The van der Waals surface area contributed by atoms with Crippen molar-refractivity contribution in [1.82, 2.24) is 5.43 Å². The summed E-state index contributed by atoms with van der Waals surface area (Å²) in [6.07, 6.45) is 0.526. The second-order valence-corrected chi connectivity index (χ2v) is 9.67. The lowest BCUT2D eigenvalue weighted by atomic mass is 9.87. The van der Waals surface area contributed by atoms with Crippen LogP contribution in [0.15, 0.2) is 65.8 Å². The summed E-state index contributed by atoms with van der Waals surface area (Å²) < 4.78 is 22.2. The molecule has 39 heavy (non-hydrogen) atoms. The van der Waals surface area contributed by atoms with E-state index in [1.807, 2.05) is 18.2 Å². The fraction of sp³-hybridized carbons (Fsp3) is 0.250. The Balaban J connectivity index is 1.37. The number of amides is 1. The van der Waals surface area contributed by atoms with E-state index >= 15 is 0 Å². The Kier molecular flexibility index (Phi) is 7.80. The average molecular weight is 534 g/mol. The lowest BCUT2D eigenvalue weighted by Gasteiger charge is -2.27. The zero-order valence-electron chi connectivity index (χ0n) is 21.8. The molecule has 0 spiro atoms. The van der Waals surface area contributed by atoms with Crippen LogP contribution in [0.5, 0.6) is 23.0 Å². The van der Waals surface area contributed by atoms with Crippen LogP contribution >= 0.6 is 0 Å². The second kappa shape index (κ2) is 11.2. The summed E-state index contributed by atoms with van der Waals surface area (Å²) in [5.41, 5.74) is 3.98. The summed E-state index contributed by atoms with van der Waals surface area (Å²) in [6, 6.07) is 15.4. The number of rotatable bonds is 7. The summed E-state index contributed by atoms with van der Waals surface area (Å²) in [5, 5.41) is 14.8. The van der Waals surface area contributed by atoms with Gasteiger partial charge in [0, 0.05) is 12.1 Å². The monoisotopic (exact) mass is 533 g/mol. The minimum atomic E-state index is -0.874. The molecule has 11 heteroatoms. The molecule has 0 fully saturated rings. The molecule has 1 atom stereocenters. The van der Waals surface area contributed by atoms with Crippen LogP contribution in [-0.2, 0) is 10.2 Å². The Labute approximate surface area is 224 Å². The van der Waals surface area contributed by atoms with Gasteiger partial charge in [0.1, 0.15) is 6.61 Å². The van der Waals surface area contributed by atoms with Gasteiger partial charge < -0.3 is 18.9 Å². The lowest BCUT2D eigenvalue weighted by Crippen LogP contribution is -2.42. The predicted octanol–water partition coefficient (Wildman–Crippen LogP) is 4.41. The molecule has 0 bridgehead atoms. The number of esters is 1. The van der Waals surface area contributed by atoms with Crippen molar-refractivity contribution < 1.29 is 33.5 Å². The number of nitro benzene ring substituents is 1. The van der Waals surface area contributed by atoms with Crippen LogP contribution in [-0.4, -0.2) is 42.8 Å². The molecule has 0 saturated carbocycles. The highest BCUT2D eigenvalue weighted by Crippen LogP contribution is 2.36. The van der Waals surface area contributed by atoms with Crippen molar-refractivity contribution in [3.63, 3.8) is 0 Å². The smallest absolute Gasteiger partial charge is 0.343 e. The molecule has 0 radical (unpaired) electrons. The number of hydrazone groups is 1. The minimum Gasteiger partial charge on any atom is -0.493 e. The highest BCUT2D eigenvalue weighted by Gasteiger charge is 2.28. The van der Waals surface area contributed by atoms with Crippen LogP contribution in [0.4, 0.5) is 5.69 Å². The maximum atomic E-state index is 12.6. The quantitative estimate of drug-likeness (QED) is 0.155. The molecular weight excluding hydrogens is 506 g/mol. The first-order valence-corrected chi connectivity index (χ1v) is 12.0. The largest absolute Gasteiger partial charge is 0.493 e. The molecule has 0 saturated heterocycles. The maximum Gasteiger partial charge on any atom is 0.343 e. The van der Waals surface area contributed by atoms with Gasteiger partial charge in [-0.2, -0.15) is 5.10 Å². The molecule has 3 aromatic carbocycles. The van der Waals surface area contributed by atoms with Crippen molar-refractivity contribution in [1.29, 1.82) is 0 Å². The zero-order valence-corrected chi connectivity index (χ0v) is 21.8. The van der Waals surface area contributed by atoms with Gasteiger partial charge in [0.15, 0.2) is 23.0 Å². The Bertz CT molecular complexity index is 1430. The summed E-state index contributed by atoms with van der Waals surface area (Å²) in [4.78, 5) is 35.3. The highest BCUT2D eigenvalue weighted by atomic mass is 16.6. The fourth-order valence-corrected chi connectivity index (χ4v) is 3.64. The van der Waals surface area contributed by atoms with E-state index in [0.29, 0.717) is 17.1 Å². The van der Waals surface area contributed by atoms with Gasteiger partial charge in [0.25, 0.3) is 11.6 Å². The first kappa shape index (κ1) is 27.1. The summed E-state index contributed by atoms with van der Waals surface area (Å²) in [6.45, 7) is 6.30. The molecule has 11 nitrogen and oxygen atoms in total. The summed E-state index contributed by atoms with van der Waals surface area (Å²) in [7, 11) is 1.41. The van der Waals surface area contributed by atoms with Crippen LogP contribution in [0.1, 0.15) is 42.3 Å². The summed E-state index contributed by atoms with van der Waals surface area (Å²) >= 11 is 0. The van der Waals surface area contributed by atoms with Gasteiger partial charge >= 0.3 is 5.97 Å². The van der Waals surface area contributed by atoms with Gasteiger partial charge in [-0.3, -0.25) is 14.9 Å². The number of nitro groups is 1. The molecule has 1 aliphatic rings. The van der Waals surface area contributed by atoms with Crippen molar-refractivity contribution in [3.8, 4) is 23.0 Å². The maximum absolute atomic E-state index is 12.6. The average Bonchev–Trinajstić information content (AvgIpc) is 2.92. The molecule has 0 aliphatic carbocycles. The van der Waals surface area contributed by atoms with Crippen molar-refractivity contribution >= 4 is 23.8 Å². The number of hydrogen-bond donors (Lipinski definition) is 1. The molecule has 1 aliphatic heterocycles. The number of ether oxygens (including phenoxy) is 4. The molecule has 1 unspecified atom stereocenters. The molecule has 1 amide bonds. The highest BCUT2D eigenvalue weighted by molar-refractivity contribution is 5.92. The van der Waals surface area contributed by atoms with E-state index < -0.39 is 22.9 Å². The Hall–Kier alpha value is -4.93. The van der Waals surface area contributed by atoms with Crippen molar-refractivity contribution in [2.75, 3.05) is 13.7 Å². The zero-order chi connectivity index (χ0) is 28.2. The normalized spacial score (nSPS) is 14.5. The van der Waals surface area contributed by atoms with Gasteiger partial charge in [-0.05, 0) is 59.0 Å². The van der Waals surface area contributed by atoms with E-state index in [2.05, 4.69) is 31.3 Å². The molecule has 4 rings (SSSR count). The standard InChI is InChI=1S/C28H27N3O8/c1-28(2,3)19-8-12-21-24(14-19)38-25(16-37-21)26(32)30-29-15-17-5-11-22(23(13-17)36-4)39-27(33)18-6-9-20(10-7-18)31(34)35/h5-15,25H,16H2,1-4H3,(H,30,32). The number of benzene rings is 3. The van der Waals surface area contributed by atoms with Crippen LogP contribution in [0.3, 0.4) is 0 Å². The molecule has 1 heterocycles. The van der Waals surface area contributed by atoms with Crippen LogP contribution in [0, 0.1) is 10.1 Å². The Morgan fingerprint density at radius 2 is 1.79 bits per heavy atom. The van der Waals surface area contributed by atoms with Crippen LogP contribution in [0.25, 0.3) is 0 Å². The third-order valence-corrected chi connectivity index (χ3v) is 5.85. The molecular formula is C28H27N3O8. The first-order valence-electron chi connectivity index (χ1n) is 12.0. The number of carbonyl (C=O) groups excluding carboxylic acids is 2. The molecule has 0 aromatic heterocycles. The van der Waals surface area contributed by atoms with E-state index in [9.17, 15) is 19.7 Å². The number of hydrogen-bond acceptors (Lipinski definition) is 9. The van der Waals surface area contributed by atoms with Gasteiger partial charge in [0.2, 0.25) is 6.10 Å². The Morgan fingerprint density at radius 3 is 2.46 bits per heavy atom. The van der Waals surface area contributed by atoms with Crippen LogP contribution in [0.2, 0.25) is 0 Å². The van der Waals surface area contributed by atoms with Gasteiger partial charge in [0.05, 0.1) is 23.8 Å². The number of nitrogens with zero attached hydrogens (tertiary/aromatic N) is 2. The number of nitrogens with one attached hydrogen (secondary N) is 1. The second-order valence-electron chi connectivity index (χ2n) is 9.67. The third-order valence-electron chi connectivity index (χ3n) is 5.85. The minimum absolute atomic E-state index is 0.0475. The van der Waals surface area contributed by atoms with E-state index in [0.717, 1.165) is 5.56 Å². The van der Waals surface area contributed by atoms with E-state index in [1.165, 1.54) is 43.7 Å².